The normalized spacial score (nSPS) is 14.6. The van der Waals surface area contributed by atoms with Crippen LogP contribution < -0.4 is 5.32 Å². The highest BCUT2D eigenvalue weighted by Gasteiger charge is 2.29. The first kappa shape index (κ1) is 17.0. The van der Waals surface area contributed by atoms with Gasteiger partial charge in [-0.05, 0) is 55.8 Å². The van der Waals surface area contributed by atoms with E-state index in [-0.39, 0.29) is 12.5 Å². The van der Waals surface area contributed by atoms with Crippen molar-refractivity contribution < 1.29 is 9.90 Å². The van der Waals surface area contributed by atoms with Gasteiger partial charge in [-0.25, -0.2) is 0 Å². The number of aliphatic hydroxyl groups is 1. The van der Waals surface area contributed by atoms with Gasteiger partial charge >= 0.3 is 0 Å². The molecule has 0 aliphatic heterocycles. The maximum Gasteiger partial charge on any atom is 0.238 e. The number of aliphatic hydroxyl groups excluding tert-OH is 1. The quantitative estimate of drug-likeness (QED) is 0.690. The van der Waals surface area contributed by atoms with E-state index in [1.54, 1.807) is 0 Å². The maximum atomic E-state index is 12.2. The number of benzene rings is 1. The molecule has 0 atom stereocenters. The van der Waals surface area contributed by atoms with E-state index in [0.717, 1.165) is 25.1 Å². The van der Waals surface area contributed by atoms with Gasteiger partial charge in [0.25, 0.3) is 0 Å². The van der Waals surface area contributed by atoms with Crippen molar-refractivity contribution in [2.45, 2.75) is 51.5 Å². The average Bonchev–Trinajstić information content (AvgIpc) is 3.31. The zero-order chi connectivity index (χ0) is 15.9. The Bertz CT molecular complexity index is 466. The van der Waals surface area contributed by atoms with Crippen molar-refractivity contribution in [1.82, 2.24) is 4.90 Å². The first-order chi connectivity index (χ1) is 10.6. The summed E-state index contributed by atoms with van der Waals surface area (Å²) in [5, 5.41) is 11.9. The van der Waals surface area contributed by atoms with Gasteiger partial charge in [0, 0.05) is 18.3 Å². The topological polar surface area (TPSA) is 52.6 Å². The Kier molecular flexibility index (Phi) is 6.40. The Hall–Kier alpha value is -1.39. The molecule has 1 saturated carbocycles. The van der Waals surface area contributed by atoms with Crippen LogP contribution in [0, 0.1) is 0 Å². The molecule has 122 valence electrons. The van der Waals surface area contributed by atoms with Gasteiger partial charge < -0.3 is 10.4 Å². The number of rotatable bonds is 9. The second-order valence-corrected chi connectivity index (χ2v) is 6.46. The van der Waals surface area contributed by atoms with Crippen LogP contribution in [0.2, 0.25) is 0 Å². The van der Waals surface area contributed by atoms with E-state index in [2.05, 4.69) is 36.2 Å². The molecule has 1 aromatic rings. The third kappa shape index (κ3) is 5.43. The third-order valence-electron chi connectivity index (χ3n) is 4.12. The van der Waals surface area contributed by atoms with Crippen molar-refractivity contribution in [2.75, 3.05) is 25.0 Å². The lowest BCUT2D eigenvalue weighted by Crippen LogP contribution is -2.35. The Morgan fingerprint density at radius 3 is 2.50 bits per heavy atom. The molecule has 0 aromatic heterocycles. The first-order valence-corrected chi connectivity index (χ1v) is 8.35. The Labute approximate surface area is 133 Å². The molecule has 0 unspecified atom stereocenters. The van der Waals surface area contributed by atoms with E-state index in [9.17, 15) is 4.79 Å². The minimum absolute atomic E-state index is 0.0493. The average molecular weight is 304 g/mol. The van der Waals surface area contributed by atoms with Gasteiger partial charge in [0.05, 0.1) is 6.54 Å². The fraction of sp³-hybridized carbons (Fsp3) is 0.611. The standard InChI is InChI=1S/C18H28N2O2/c1-14(2)15-5-7-16(8-6-15)19-18(22)13-20(17-9-10-17)11-3-4-12-21/h5-8,14,17,21H,3-4,9-13H2,1-2H3,(H,19,22). The van der Waals surface area contributed by atoms with E-state index >= 15 is 0 Å². The molecule has 1 fully saturated rings. The number of nitrogens with zero attached hydrogens (tertiary/aromatic N) is 1. The molecular formula is C18H28N2O2. The summed E-state index contributed by atoms with van der Waals surface area (Å²) in [4.78, 5) is 14.4. The molecule has 0 spiro atoms. The van der Waals surface area contributed by atoms with Crippen LogP contribution in [0.15, 0.2) is 24.3 Å². The highest BCUT2D eigenvalue weighted by Crippen LogP contribution is 2.27. The number of carbonyl (C=O) groups excluding carboxylic acids is 1. The van der Waals surface area contributed by atoms with Gasteiger partial charge in [0.1, 0.15) is 0 Å². The van der Waals surface area contributed by atoms with Crippen molar-refractivity contribution in [3.63, 3.8) is 0 Å². The lowest BCUT2D eigenvalue weighted by Gasteiger charge is -2.21. The lowest BCUT2D eigenvalue weighted by atomic mass is 10.0. The van der Waals surface area contributed by atoms with Crippen LogP contribution in [0.3, 0.4) is 0 Å². The molecule has 0 heterocycles. The summed E-state index contributed by atoms with van der Waals surface area (Å²) in [7, 11) is 0. The number of anilines is 1. The largest absolute Gasteiger partial charge is 0.396 e. The molecule has 4 nitrogen and oxygen atoms in total. The highest BCUT2D eigenvalue weighted by atomic mass is 16.2. The fourth-order valence-corrected chi connectivity index (χ4v) is 2.59. The molecule has 0 radical (unpaired) electrons. The predicted molar refractivity (Wildman–Crippen MR) is 90.1 cm³/mol. The lowest BCUT2D eigenvalue weighted by molar-refractivity contribution is -0.117. The third-order valence-corrected chi connectivity index (χ3v) is 4.12. The van der Waals surface area contributed by atoms with Gasteiger partial charge in [0.15, 0.2) is 0 Å². The molecule has 2 N–H and O–H groups in total. The highest BCUT2D eigenvalue weighted by molar-refractivity contribution is 5.92. The summed E-state index contributed by atoms with van der Waals surface area (Å²) < 4.78 is 0. The second kappa shape index (κ2) is 8.30. The van der Waals surface area contributed by atoms with E-state index < -0.39 is 0 Å². The van der Waals surface area contributed by atoms with Gasteiger partial charge in [-0.1, -0.05) is 26.0 Å². The zero-order valence-corrected chi connectivity index (χ0v) is 13.7. The predicted octanol–water partition coefficient (Wildman–Crippen LogP) is 2.99. The van der Waals surface area contributed by atoms with Crippen LogP contribution in [0.25, 0.3) is 0 Å². The monoisotopic (exact) mass is 304 g/mol. The number of nitrogens with one attached hydrogen (secondary N) is 1. The Balaban J connectivity index is 1.82. The van der Waals surface area contributed by atoms with Crippen molar-refractivity contribution in [2.24, 2.45) is 0 Å². The number of amides is 1. The summed E-state index contributed by atoms with van der Waals surface area (Å²) in [6, 6.07) is 8.65. The van der Waals surface area contributed by atoms with Gasteiger partial charge in [0.2, 0.25) is 5.91 Å². The summed E-state index contributed by atoms with van der Waals surface area (Å²) in [5.74, 6) is 0.551. The summed E-state index contributed by atoms with van der Waals surface area (Å²) in [6.45, 7) is 5.89. The maximum absolute atomic E-state index is 12.2. The zero-order valence-electron chi connectivity index (χ0n) is 13.7. The van der Waals surface area contributed by atoms with E-state index in [0.29, 0.717) is 18.5 Å². The molecule has 1 aliphatic rings. The molecule has 1 aliphatic carbocycles. The van der Waals surface area contributed by atoms with E-state index in [1.165, 1.54) is 18.4 Å². The SMILES string of the molecule is CC(C)c1ccc(NC(=O)CN(CCCCO)C2CC2)cc1. The van der Waals surface area contributed by atoms with E-state index in [4.69, 9.17) is 5.11 Å². The van der Waals surface area contributed by atoms with Gasteiger partial charge in [-0.15, -0.1) is 0 Å². The molecule has 1 amide bonds. The number of unbranched alkanes of at least 4 members (excludes halogenated alkanes) is 1. The van der Waals surface area contributed by atoms with Crippen molar-refractivity contribution in [1.29, 1.82) is 0 Å². The Morgan fingerprint density at radius 2 is 1.95 bits per heavy atom. The van der Waals surface area contributed by atoms with Crippen molar-refractivity contribution in [3.05, 3.63) is 29.8 Å². The van der Waals surface area contributed by atoms with E-state index in [1.807, 2.05) is 12.1 Å². The van der Waals surface area contributed by atoms with Crippen molar-refractivity contribution in [3.8, 4) is 0 Å². The van der Waals surface area contributed by atoms with Gasteiger partial charge in [-0.3, -0.25) is 9.69 Å². The van der Waals surface area contributed by atoms with Gasteiger partial charge in [-0.2, -0.15) is 0 Å². The summed E-state index contributed by atoms with van der Waals surface area (Å²) in [6.07, 6.45) is 4.13. The van der Waals surface area contributed by atoms with Crippen LogP contribution in [0.4, 0.5) is 5.69 Å². The fourth-order valence-electron chi connectivity index (χ4n) is 2.59. The Morgan fingerprint density at radius 1 is 1.27 bits per heavy atom. The molecule has 2 rings (SSSR count). The molecular weight excluding hydrogens is 276 g/mol. The molecule has 0 bridgehead atoms. The van der Waals surface area contributed by atoms with Crippen LogP contribution >= 0.6 is 0 Å². The number of hydrogen-bond donors (Lipinski definition) is 2. The number of carbonyl (C=O) groups is 1. The summed E-state index contributed by atoms with van der Waals surface area (Å²) >= 11 is 0. The van der Waals surface area contributed by atoms with Crippen LogP contribution in [0.1, 0.15) is 51.0 Å². The summed E-state index contributed by atoms with van der Waals surface area (Å²) in [5.41, 5.74) is 2.14. The smallest absolute Gasteiger partial charge is 0.238 e. The second-order valence-electron chi connectivity index (χ2n) is 6.46. The molecule has 1 aromatic carbocycles. The molecule has 22 heavy (non-hydrogen) atoms. The minimum Gasteiger partial charge on any atom is -0.396 e. The van der Waals surface area contributed by atoms with Crippen LogP contribution in [0.5, 0.6) is 0 Å². The number of hydrogen-bond acceptors (Lipinski definition) is 3. The minimum atomic E-state index is 0.0493. The van der Waals surface area contributed by atoms with Crippen LogP contribution in [-0.4, -0.2) is 41.7 Å². The molecule has 4 heteroatoms. The molecule has 0 saturated heterocycles. The first-order valence-electron chi connectivity index (χ1n) is 8.35. The van der Waals surface area contributed by atoms with Crippen molar-refractivity contribution >= 4 is 11.6 Å². The van der Waals surface area contributed by atoms with Crippen LogP contribution in [-0.2, 0) is 4.79 Å².